The average Bonchev–Trinajstić information content (AvgIpc) is 2.80. The van der Waals surface area contributed by atoms with Crippen LogP contribution in [-0.2, 0) is 4.79 Å². The van der Waals surface area contributed by atoms with E-state index in [0.717, 1.165) is 42.5 Å². The molecule has 2 rings (SSSR count). The molecule has 114 valence electrons. The minimum absolute atomic E-state index is 0.0205. The van der Waals surface area contributed by atoms with Crippen LogP contribution in [0.3, 0.4) is 0 Å². The standard InChI is InChI=1S/C16H22N2O3/c1-11-5-6-13(12(2)9-11)17-15(21)18-16(10-14(19)20)7-3-4-8-16/h5-6,9H,3-4,7-8,10H2,1-2H3,(H,19,20)(H2,17,18,21). The Morgan fingerprint density at radius 2 is 1.90 bits per heavy atom. The van der Waals surface area contributed by atoms with E-state index >= 15 is 0 Å². The summed E-state index contributed by atoms with van der Waals surface area (Å²) in [6.45, 7) is 3.93. The van der Waals surface area contributed by atoms with Gasteiger partial charge in [0.25, 0.3) is 0 Å². The van der Waals surface area contributed by atoms with Gasteiger partial charge in [0.2, 0.25) is 0 Å². The molecule has 0 atom stereocenters. The molecule has 21 heavy (non-hydrogen) atoms. The van der Waals surface area contributed by atoms with Gasteiger partial charge in [0.1, 0.15) is 0 Å². The normalized spacial score (nSPS) is 16.5. The van der Waals surface area contributed by atoms with Crippen molar-refractivity contribution in [3.05, 3.63) is 29.3 Å². The van der Waals surface area contributed by atoms with Crippen molar-refractivity contribution in [2.45, 2.75) is 51.5 Å². The molecule has 3 N–H and O–H groups in total. The van der Waals surface area contributed by atoms with Crippen LogP contribution in [-0.4, -0.2) is 22.6 Å². The van der Waals surface area contributed by atoms with Gasteiger partial charge in [-0.3, -0.25) is 4.79 Å². The van der Waals surface area contributed by atoms with E-state index in [1.165, 1.54) is 0 Å². The van der Waals surface area contributed by atoms with E-state index in [1.807, 2.05) is 32.0 Å². The topological polar surface area (TPSA) is 78.4 Å². The molecule has 1 fully saturated rings. The molecular formula is C16H22N2O3. The van der Waals surface area contributed by atoms with Crippen molar-refractivity contribution in [2.75, 3.05) is 5.32 Å². The fourth-order valence-electron chi connectivity index (χ4n) is 3.04. The molecule has 1 aliphatic carbocycles. The van der Waals surface area contributed by atoms with Crippen molar-refractivity contribution < 1.29 is 14.7 Å². The van der Waals surface area contributed by atoms with E-state index in [2.05, 4.69) is 10.6 Å². The molecule has 1 aliphatic rings. The zero-order valence-corrected chi connectivity index (χ0v) is 12.5. The molecule has 1 aromatic rings. The predicted octanol–water partition coefficient (Wildman–Crippen LogP) is 3.21. The number of carbonyl (C=O) groups excluding carboxylic acids is 1. The molecule has 5 nitrogen and oxygen atoms in total. The van der Waals surface area contributed by atoms with Crippen LogP contribution in [0.5, 0.6) is 0 Å². The molecule has 0 spiro atoms. The lowest BCUT2D eigenvalue weighted by Gasteiger charge is -2.28. The summed E-state index contributed by atoms with van der Waals surface area (Å²) < 4.78 is 0. The summed E-state index contributed by atoms with van der Waals surface area (Å²) in [6, 6.07) is 5.47. The van der Waals surface area contributed by atoms with Gasteiger partial charge in [0, 0.05) is 5.69 Å². The minimum atomic E-state index is -0.872. The van der Waals surface area contributed by atoms with Crippen LogP contribution < -0.4 is 10.6 Å². The maximum Gasteiger partial charge on any atom is 0.319 e. The fraction of sp³-hybridized carbons (Fsp3) is 0.500. The van der Waals surface area contributed by atoms with Gasteiger partial charge in [-0.1, -0.05) is 30.5 Å². The number of carboxylic acids is 1. The number of hydrogen-bond acceptors (Lipinski definition) is 2. The van der Waals surface area contributed by atoms with E-state index in [0.29, 0.717) is 0 Å². The number of amides is 2. The number of hydrogen-bond donors (Lipinski definition) is 3. The van der Waals surface area contributed by atoms with Gasteiger partial charge < -0.3 is 15.7 Å². The molecule has 2 amide bonds. The average molecular weight is 290 g/mol. The lowest BCUT2D eigenvalue weighted by Crippen LogP contribution is -2.49. The molecule has 0 unspecified atom stereocenters. The van der Waals surface area contributed by atoms with Crippen molar-refractivity contribution in [1.29, 1.82) is 0 Å². The number of carboxylic acid groups (broad SMARTS) is 1. The molecule has 0 aromatic heterocycles. The van der Waals surface area contributed by atoms with Crippen molar-refractivity contribution in [3.8, 4) is 0 Å². The Labute approximate surface area is 124 Å². The van der Waals surface area contributed by atoms with Gasteiger partial charge >= 0.3 is 12.0 Å². The predicted molar refractivity (Wildman–Crippen MR) is 81.5 cm³/mol. The highest BCUT2D eigenvalue weighted by molar-refractivity contribution is 5.91. The lowest BCUT2D eigenvalue weighted by atomic mass is 9.93. The molecule has 5 heteroatoms. The Balaban J connectivity index is 2.04. The number of carbonyl (C=O) groups is 2. The van der Waals surface area contributed by atoms with Crippen LogP contribution in [0.15, 0.2) is 18.2 Å². The maximum absolute atomic E-state index is 12.2. The number of aliphatic carboxylic acids is 1. The SMILES string of the molecule is Cc1ccc(NC(=O)NC2(CC(=O)O)CCCC2)c(C)c1. The Hall–Kier alpha value is -2.04. The Kier molecular flexibility index (Phi) is 4.50. The summed E-state index contributed by atoms with van der Waals surface area (Å²) in [4.78, 5) is 23.2. The zero-order chi connectivity index (χ0) is 15.5. The monoisotopic (exact) mass is 290 g/mol. The third kappa shape index (κ3) is 3.97. The van der Waals surface area contributed by atoms with Gasteiger partial charge in [-0.2, -0.15) is 0 Å². The fourth-order valence-corrected chi connectivity index (χ4v) is 3.04. The van der Waals surface area contributed by atoms with Crippen LogP contribution >= 0.6 is 0 Å². The van der Waals surface area contributed by atoms with Gasteiger partial charge in [-0.25, -0.2) is 4.79 Å². The number of urea groups is 1. The second-order valence-electron chi connectivity index (χ2n) is 5.96. The summed E-state index contributed by atoms with van der Waals surface area (Å²) in [5.74, 6) is -0.872. The van der Waals surface area contributed by atoms with Crippen LogP contribution in [0.1, 0.15) is 43.2 Å². The summed E-state index contributed by atoms with van der Waals surface area (Å²) in [6.07, 6.45) is 3.33. The van der Waals surface area contributed by atoms with Crippen LogP contribution in [0.25, 0.3) is 0 Å². The van der Waals surface area contributed by atoms with Crippen LogP contribution in [0.4, 0.5) is 10.5 Å². The quantitative estimate of drug-likeness (QED) is 0.796. The summed E-state index contributed by atoms with van der Waals surface area (Å²) in [5, 5.41) is 14.7. The highest BCUT2D eigenvalue weighted by Crippen LogP contribution is 2.32. The van der Waals surface area contributed by atoms with Gasteiger partial charge in [0.15, 0.2) is 0 Å². The number of nitrogens with one attached hydrogen (secondary N) is 2. The molecule has 0 saturated heterocycles. The summed E-state index contributed by atoms with van der Waals surface area (Å²) in [7, 11) is 0. The second kappa shape index (κ2) is 6.16. The van der Waals surface area contributed by atoms with Crippen molar-refractivity contribution in [2.24, 2.45) is 0 Å². The first kappa shape index (κ1) is 15.4. The van der Waals surface area contributed by atoms with Gasteiger partial charge in [-0.05, 0) is 38.3 Å². The molecule has 0 aliphatic heterocycles. The number of anilines is 1. The molecule has 0 heterocycles. The van der Waals surface area contributed by atoms with Gasteiger partial charge in [-0.15, -0.1) is 0 Å². The first-order valence-electron chi connectivity index (χ1n) is 7.28. The molecule has 0 radical (unpaired) electrons. The zero-order valence-electron chi connectivity index (χ0n) is 12.5. The number of benzene rings is 1. The van der Waals surface area contributed by atoms with E-state index in [-0.39, 0.29) is 12.5 Å². The van der Waals surface area contributed by atoms with Crippen LogP contribution in [0.2, 0.25) is 0 Å². The Morgan fingerprint density at radius 1 is 1.24 bits per heavy atom. The van der Waals surface area contributed by atoms with Crippen molar-refractivity contribution in [1.82, 2.24) is 5.32 Å². The van der Waals surface area contributed by atoms with Crippen molar-refractivity contribution >= 4 is 17.7 Å². The van der Waals surface area contributed by atoms with E-state index in [4.69, 9.17) is 5.11 Å². The third-order valence-corrected chi connectivity index (χ3v) is 4.06. The van der Waals surface area contributed by atoms with Crippen molar-refractivity contribution in [3.63, 3.8) is 0 Å². The third-order valence-electron chi connectivity index (χ3n) is 4.06. The second-order valence-corrected chi connectivity index (χ2v) is 5.96. The Morgan fingerprint density at radius 3 is 2.48 bits per heavy atom. The first-order chi connectivity index (χ1) is 9.90. The van der Waals surface area contributed by atoms with Gasteiger partial charge in [0.05, 0.1) is 12.0 Å². The highest BCUT2D eigenvalue weighted by atomic mass is 16.4. The minimum Gasteiger partial charge on any atom is -0.481 e. The number of rotatable bonds is 4. The molecule has 1 saturated carbocycles. The van der Waals surface area contributed by atoms with Crippen LogP contribution in [0, 0.1) is 13.8 Å². The Bertz CT molecular complexity index is 548. The number of aryl methyl sites for hydroxylation is 2. The van der Waals surface area contributed by atoms with E-state index in [1.54, 1.807) is 0 Å². The maximum atomic E-state index is 12.2. The largest absolute Gasteiger partial charge is 0.481 e. The summed E-state index contributed by atoms with van der Waals surface area (Å²) >= 11 is 0. The van der Waals surface area contributed by atoms with E-state index < -0.39 is 11.5 Å². The first-order valence-corrected chi connectivity index (χ1v) is 7.28. The molecule has 1 aromatic carbocycles. The highest BCUT2D eigenvalue weighted by Gasteiger charge is 2.37. The summed E-state index contributed by atoms with van der Waals surface area (Å²) in [5.41, 5.74) is 2.27. The smallest absolute Gasteiger partial charge is 0.319 e. The lowest BCUT2D eigenvalue weighted by molar-refractivity contribution is -0.138. The van der Waals surface area contributed by atoms with E-state index in [9.17, 15) is 9.59 Å². The molecular weight excluding hydrogens is 268 g/mol. The molecule has 0 bridgehead atoms.